The fraction of sp³-hybridized carbons (Fsp3) is 0.458. The highest BCUT2D eigenvalue weighted by atomic mass is 32.2. The quantitative estimate of drug-likeness (QED) is 0.497. The highest BCUT2D eigenvalue weighted by Gasteiger charge is 2.66. The van der Waals surface area contributed by atoms with E-state index in [4.69, 9.17) is 14.2 Å². The van der Waals surface area contributed by atoms with E-state index in [9.17, 15) is 13.8 Å². The molecule has 2 aromatic rings. The largest absolute Gasteiger partial charge is 0.466 e. The molecule has 1 fully saturated rings. The van der Waals surface area contributed by atoms with Gasteiger partial charge in [0, 0.05) is 5.92 Å². The molecule has 8 heteroatoms. The van der Waals surface area contributed by atoms with Crippen molar-refractivity contribution in [2.45, 2.75) is 50.4 Å². The molecular formula is C24H29NO6S. The number of hydrogen-bond donors (Lipinski definition) is 0. The molecule has 0 radical (unpaired) electrons. The van der Waals surface area contributed by atoms with Gasteiger partial charge in [0.15, 0.2) is 0 Å². The van der Waals surface area contributed by atoms with Gasteiger partial charge in [0.25, 0.3) is 0 Å². The van der Waals surface area contributed by atoms with Gasteiger partial charge in [-0.3, -0.25) is 0 Å². The van der Waals surface area contributed by atoms with Crippen LogP contribution in [0.15, 0.2) is 46.9 Å². The molecule has 32 heavy (non-hydrogen) atoms. The van der Waals surface area contributed by atoms with Crippen LogP contribution in [-0.2, 0) is 34.8 Å². The zero-order valence-corrected chi connectivity index (χ0v) is 20.0. The fourth-order valence-electron chi connectivity index (χ4n) is 4.04. The lowest BCUT2D eigenvalue weighted by molar-refractivity contribution is -0.178. The van der Waals surface area contributed by atoms with Crippen molar-refractivity contribution in [3.63, 3.8) is 0 Å². The number of fused-ring (bicyclic) bond motifs is 1. The first-order chi connectivity index (χ1) is 15.1. The zero-order chi connectivity index (χ0) is 23.7. The molecule has 1 aliphatic rings. The van der Waals surface area contributed by atoms with E-state index in [-0.39, 0.29) is 5.90 Å². The minimum atomic E-state index is -2.09. The van der Waals surface area contributed by atoms with Crippen molar-refractivity contribution in [3.05, 3.63) is 48.0 Å². The Bertz CT molecular complexity index is 1070. The molecule has 1 heterocycles. The summed E-state index contributed by atoms with van der Waals surface area (Å²) in [5.74, 6) is -2.93. The van der Waals surface area contributed by atoms with Gasteiger partial charge < -0.3 is 14.2 Å². The molecule has 0 N–H and O–H groups in total. The number of carbonyl (C=O) groups is 2. The van der Waals surface area contributed by atoms with Crippen LogP contribution in [0.4, 0.5) is 0 Å². The van der Waals surface area contributed by atoms with Gasteiger partial charge in [0.1, 0.15) is 11.0 Å². The van der Waals surface area contributed by atoms with Crippen molar-refractivity contribution < 1.29 is 28.0 Å². The Morgan fingerprint density at radius 3 is 2.19 bits per heavy atom. The number of hydrogen-bond acceptors (Lipinski definition) is 6. The monoisotopic (exact) mass is 459 g/mol. The van der Waals surface area contributed by atoms with E-state index in [1.54, 1.807) is 20.8 Å². The average molecular weight is 460 g/mol. The fourth-order valence-corrected chi connectivity index (χ4v) is 4.65. The Morgan fingerprint density at radius 1 is 1.06 bits per heavy atom. The molecule has 3 atom stereocenters. The molecule has 1 saturated heterocycles. The number of nitrogens with zero attached hydrogens (tertiary/aromatic N) is 1. The third-order valence-electron chi connectivity index (χ3n) is 5.67. The SMILES string of the molecule is CC[C@H]1/C(=N/S(=O)C(C)(C)C)OC(C(=O)OC)(C(=O)OC)[C@@H]1c1ccc2ccccc2c1. The Balaban J connectivity index is 2.28. The molecule has 0 aromatic heterocycles. The molecule has 3 rings (SSSR count). The average Bonchev–Trinajstić information content (AvgIpc) is 3.11. The highest BCUT2D eigenvalue weighted by Crippen LogP contribution is 2.49. The minimum Gasteiger partial charge on any atom is -0.466 e. The molecule has 0 saturated carbocycles. The summed E-state index contributed by atoms with van der Waals surface area (Å²) < 4.78 is 32.5. The van der Waals surface area contributed by atoms with Crippen LogP contribution in [0, 0.1) is 5.92 Å². The van der Waals surface area contributed by atoms with Crippen LogP contribution in [0.3, 0.4) is 0 Å². The number of esters is 2. The zero-order valence-electron chi connectivity index (χ0n) is 19.2. The van der Waals surface area contributed by atoms with Crippen LogP contribution in [0.1, 0.15) is 45.6 Å². The summed E-state index contributed by atoms with van der Waals surface area (Å²) in [6.45, 7) is 7.27. The van der Waals surface area contributed by atoms with Crippen molar-refractivity contribution in [2.75, 3.05) is 14.2 Å². The number of rotatable bonds is 5. The third-order valence-corrected chi connectivity index (χ3v) is 7.06. The van der Waals surface area contributed by atoms with Crippen LogP contribution < -0.4 is 0 Å². The highest BCUT2D eigenvalue weighted by molar-refractivity contribution is 7.85. The first-order valence-electron chi connectivity index (χ1n) is 10.4. The Labute approximate surface area is 190 Å². The lowest BCUT2D eigenvalue weighted by atomic mass is 9.74. The number of benzene rings is 2. The summed E-state index contributed by atoms with van der Waals surface area (Å²) in [7, 11) is 0.736. The van der Waals surface area contributed by atoms with Crippen LogP contribution in [-0.4, -0.2) is 46.6 Å². The van der Waals surface area contributed by atoms with Gasteiger partial charge in [0.2, 0.25) is 5.90 Å². The Kier molecular flexibility index (Phi) is 6.74. The van der Waals surface area contributed by atoms with Crippen LogP contribution in [0.2, 0.25) is 0 Å². The van der Waals surface area contributed by atoms with E-state index in [0.717, 1.165) is 10.8 Å². The Hall–Kier alpha value is -2.74. The van der Waals surface area contributed by atoms with Gasteiger partial charge in [-0.05, 0) is 43.5 Å². The predicted octanol–water partition coefficient (Wildman–Crippen LogP) is 3.93. The van der Waals surface area contributed by atoms with Gasteiger partial charge >= 0.3 is 17.5 Å². The molecule has 0 bridgehead atoms. The van der Waals surface area contributed by atoms with Crippen molar-refractivity contribution in [3.8, 4) is 0 Å². The van der Waals surface area contributed by atoms with E-state index in [1.165, 1.54) is 14.2 Å². The maximum atomic E-state index is 13.1. The summed E-state index contributed by atoms with van der Waals surface area (Å²) in [4.78, 5) is 26.2. The van der Waals surface area contributed by atoms with E-state index < -0.39 is 45.1 Å². The summed E-state index contributed by atoms with van der Waals surface area (Å²) >= 11 is 0. The summed E-state index contributed by atoms with van der Waals surface area (Å²) in [5.41, 5.74) is -1.38. The molecule has 172 valence electrons. The van der Waals surface area contributed by atoms with Gasteiger partial charge in [-0.1, -0.05) is 49.4 Å². The first-order valence-corrected chi connectivity index (χ1v) is 11.6. The van der Waals surface area contributed by atoms with Gasteiger partial charge in [-0.25, -0.2) is 13.8 Å². The predicted molar refractivity (Wildman–Crippen MR) is 124 cm³/mol. The van der Waals surface area contributed by atoms with Crippen LogP contribution >= 0.6 is 0 Å². The number of methoxy groups -OCH3 is 2. The lowest BCUT2D eigenvalue weighted by Gasteiger charge is -2.29. The van der Waals surface area contributed by atoms with Gasteiger partial charge in [-0.2, -0.15) is 4.40 Å². The second-order valence-electron chi connectivity index (χ2n) is 8.71. The molecule has 0 spiro atoms. The van der Waals surface area contributed by atoms with Crippen molar-refractivity contribution >= 4 is 39.6 Å². The maximum absolute atomic E-state index is 13.1. The Morgan fingerprint density at radius 2 is 1.66 bits per heavy atom. The lowest BCUT2D eigenvalue weighted by Crippen LogP contribution is -2.52. The van der Waals surface area contributed by atoms with Crippen molar-refractivity contribution in [1.82, 2.24) is 0 Å². The maximum Gasteiger partial charge on any atom is 0.362 e. The molecule has 0 aliphatic carbocycles. The smallest absolute Gasteiger partial charge is 0.362 e. The standard InChI is InChI=1S/C24H29NO6S/c1-7-18-19(17-13-12-15-10-8-9-11-16(15)14-17)24(21(26)29-5,22(27)30-6)31-20(18)25-32(28)23(2,3)4/h8-14,18-19H,7H2,1-6H3/b25-20-/t18-,19-,32?/m1/s1. The van der Waals surface area contributed by atoms with E-state index in [0.29, 0.717) is 12.0 Å². The molecule has 7 nitrogen and oxygen atoms in total. The minimum absolute atomic E-state index is 0.0923. The van der Waals surface area contributed by atoms with Gasteiger partial charge in [0.05, 0.1) is 24.9 Å². The topological polar surface area (TPSA) is 91.3 Å². The normalized spacial score (nSPS) is 22.4. The number of ether oxygens (including phenoxy) is 3. The van der Waals surface area contributed by atoms with E-state index in [1.807, 2.05) is 49.4 Å². The molecule has 2 aromatic carbocycles. The van der Waals surface area contributed by atoms with Crippen LogP contribution in [0.5, 0.6) is 0 Å². The summed E-state index contributed by atoms with van der Waals surface area (Å²) in [6, 6.07) is 13.5. The van der Waals surface area contributed by atoms with Crippen molar-refractivity contribution in [2.24, 2.45) is 10.3 Å². The molecule has 1 unspecified atom stereocenters. The number of carbonyl (C=O) groups excluding carboxylic acids is 2. The van der Waals surface area contributed by atoms with E-state index >= 15 is 0 Å². The molecular weight excluding hydrogens is 430 g/mol. The molecule has 0 amide bonds. The van der Waals surface area contributed by atoms with Crippen LogP contribution in [0.25, 0.3) is 10.8 Å². The third kappa shape index (κ3) is 4.03. The van der Waals surface area contributed by atoms with Crippen molar-refractivity contribution in [1.29, 1.82) is 0 Å². The van der Waals surface area contributed by atoms with Gasteiger partial charge in [-0.15, -0.1) is 0 Å². The first kappa shape index (κ1) is 23.9. The second-order valence-corrected chi connectivity index (χ2v) is 10.6. The summed E-state index contributed by atoms with van der Waals surface area (Å²) in [5, 5.41) is 1.97. The summed E-state index contributed by atoms with van der Waals surface area (Å²) in [6.07, 6.45) is 0.493. The van der Waals surface area contributed by atoms with E-state index in [2.05, 4.69) is 4.40 Å². The molecule has 1 aliphatic heterocycles. The second kappa shape index (κ2) is 9.02.